The van der Waals surface area contributed by atoms with Gasteiger partial charge in [0.2, 0.25) is 6.33 Å². The van der Waals surface area contributed by atoms with Gasteiger partial charge in [0.15, 0.2) is 0 Å². The van der Waals surface area contributed by atoms with Crippen LogP contribution in [0.25, 0.3) is 0 Å². The van der Waals surface area contributed by atoms with E-state index in [4.69, 9.17) is 5.84 Å². The number of nitrogens with two attached hydrogens (primary N) is 1. The van der Waals surface area contributed by atoms with Gasteiger partial charge >= 0.3 is 5.82 Å². The molecule has 0 aliphatic carbocycles. The largest absolute Gasteiger partial charge is 0.381 e. The van der Waals surface area contributed by atoms with Crippen LogP contribution in [0.4, 0.5) is 5.82 Å². The van der Waals surface area contributed by atoms with Gasteiger partial charge in [0, 0.05) is 5.56 Å². The minimum Gasteiger partial charge on any atom is -0.358 e. The zero-order chi connectivity index (χ0) is 13.8. The number of imidazole rings is 1. The minimum absolute atomic E-state index is 0.235. The predicted octanol–water partition coefficient (Wildman–Crippen LogP) is 0.443. The number of nitrogens with one attached hydrogen (secondary N) is 1. The Kier molecular flexibility index (Phi) is 3.53. The molecule has 0 bridgehead atoms. The van der Waals surface area contributed by atoms with E-state index in [1.54, 1.807) is 24.3 Å². The highest BCUT2D eigenvalue weighted by Gasteiger charge is 2.13. The second-order valence-corrected chi connectivity index (χ2v) is 3.79. The van der Waals surface area contributed by atoms with Gasteiger partial charge in [0.05, 0.1) is 6.54 Å². The second kappa shape index (κ2) is 5.27. The van der Waals surface area contributed by atoms with Crippen molar-refractivity contribution in [2.45, 2.75) is 6.54 Å². The lowest BCUT2D eigenvalue weighted by Gasteiger charge is -2.07. The zero-order valence-corrected chi connectivity index (χ0v) is 9.81. The van der Waals surface area contributed by atoms with Crippen LogP contribution in [0, 0.1) is 10.1 Å². The van der Waals surface area contributed by atoms with Crippen LogP contribution in [-0.2, 0) is 6.54 Å². The molecule has 0 aliphatic heterocycles. The Bertz CT molecular complexity index is 622. The molecule has 0 saturated carbocycles. The summed E-state index contributed by atoms with van der Waals surface area (Å²) in [5.41, 5.74) is 3.17. The van der Waals surface area contributed by atoms with Crippen LogP contribution in [0.5, 0.6) is 0 Å². The van der Waals surface area contributed by atoms with Gasteiger partial charge in [0.1, 0.15) is 6.20 Å². The number of hydrogen-bond donors (Lipinski definition) is 2. The summed E-state index contributed by atoms with van der Waals surface area (Å²) in [5, 5.41) is 10.5. The lowest BCUT2D eigenvalue weighted by Crippen LogP contribution is -2.31. The fraction of sp³-hybridized carbons (Fsp3) is 0.0909. The number of aromatic nitrogens is 2. The molecule has 3 N–H and O–H groups in total. The number of carbonyl (C=O) groups excluding carboxylic acids is 1. The molecule has 1 aromatic heterocycles. The average molecular weight is 261 g/mol. The third-order valence-electron chi connectivity index (χ3n) is 2.55. The molecule has 2 rings (SSSR count). The van der Waals surface area contributed by atoms with E-state index in [9.17, 15) is 14.9 Å². The lowest BCUT2D eigenvalue weighted by molar-refractivity contribution is -0.389. The van der Waals surface area contributed by atoms with Crippen molar-refractivity contribution in [3.8, 4) is 0 Å². The Morgan fingerprint density at radius 2 is 2.21 bits per heavy atom. The Morgan fingerprint density at radius 3 is 2.84 bits per heavy atom. The van der Waals surface area contributed by atoms with Crippen molar-refractivity contribution in [2.75, 3.05) is 0 Å². The first kappa shape index (κ1) is 12.7. The van der Waals surface area contributed by atoms with Crippen molar-refractivity contribution < 1.29 is 9.72 Å². The van der Waals surface area contributed by atoms with Crippen LogP contribution in [0.15, 0.2) is 36.8 Å². The van der Waals surface area contributed by atoms with Crippen molar-refractivity contribution in [1.29, 1.82) is 0 Å². The molecule has 1 heterocycles. The fourth-order valence-corrected chi connectivity index (χ4v) is 1.68. The highest BCUT2D eigenvalue weighted by Crippen LogP contribution is 2.13. The molecule has 0 unspecified atom stereocenters. The van der Waals surface area contributed by atoms with Crippen LogP contribution in [0.2, 0.25) is 0 Å². The minimum atomic E-state index is -0.574. The molecule has 0 fully saturated rings. The summed E-state index contributed by atoms with van der Waals surface area (Å²) in [6.07, 6.45) is 2.65. The summed E-state index contributed by atoms with van der Waals surface area (Å²) >= 11 is 0. The number of hydrazine groups is 1. The van der Waals surface area contributed by atoms with Crippen LogP contribution < -0.4 is 11.3 Å². The molecule has 8 nitrogen and oxygen atoms in total. The van der Waals surface area contributed by atoms with Gasteiger partial charge in [-0.25, -0.2) is 5.84 Å². The molecule has 1 amide bonds. The summed E-state index contributed by atoms with van der Waals surface area (Å²) in [6, 6.07) is 6.86. The molecular formula is C11H11N5O3. The summed E-state index contributed by atoms with van der Waals surface area (Å²) in [5.74, 6) is 4.45. The maximum atomic E-state index is 11.6. The molecule has 0 atom stereocenters. The lowest BCUT2D eigenvalue weighted by atomic mass is 10.1. The third-order valence-corrected chi connectivity index (χ3v) is 2.55. The SMILES string of the molecule is NNC(=O)c1ccccc1Cn1cnc([N+](=O)[O-])c1. The van der Waals surface area contributed by atoms with E-state index in [1.807, 2.05) is 0 Å². The van der Waals surface area contributed by atoms with E-state index in [0.29, 0.717) is 17.7 Å². The van der Waals surface area contributed by atoms with E-state index in [0.717, 1.165) is 0 Å². The molecule has 98 valence electrons. The summed E-state index contributed by atoms with van der Waals surface area (Å²) in [6.45, 7) is 0.296. The summed E-state index contributed by atoms with van der Waals surface area (Å²) in [4.78, 5) is 25.2. The van der Waals surface area contributed by atoms with Gasteiger partial charge in [-0.2, -0.15) is 0 Å². The van der Waals surface area contributed by atoms with E-state index < -0.39 is 10.8 Å². The first-order chi connectivity index (χ1) is 9.11. The van der Waals surface area contributed by atoms with Gasteiger partial charge in [-0.05, 0) is 21.5 Å². The van der Waals surface area contributed by atoms with E-state index in [2.05, 4.69) is 10.4 Å². The molecule has 19 heavy (non-hydrogen) atoms. The van der Waals surface area contributed by atoms with E-state index >= 15 is 0 Å². The van der Waals surface area contributed by atoms with Crippen LogP contribution in [0.1, 0.15) is 15.9 Å². The van der Waals surface area contributed by atoms with Crippen molar-refractivity contribution in [3.63, 3.8) is 0 Å². The Balaban J connectivity index is 2.27. The van der Waals surface area contributed by atoms with Gasteiger partial charge in [-0.3, -0.25) is 10.2 Å². The molecule has 0 saturated heterocycles. The standard InChI is InChI=1S/C11H11N5O3/c12-14-11(17)9-4-2-1-3-8(9)5-15-6-10(13-7-15)16(18)19/h1-4,6-7H,5,12H2,(H,14,17). The van der Waals surface area contributed by atoms with Crippen molar-refractivity contribution in [3.05, 3.63) is 58.0 Å². The monoisotopic (exact) mass is 261 g/mol. The van der Waals surface area contributed by atoms with Crippen LogP contribution >= 0.6 is 0 Å². The first-order valence-electron chi connectivity index (χ1n) is 5.37. The fourth-order valence-electron chi connectivity index (χ4n) is 1.68. The molecule has 0 aliphatic rings. The van der Waals surface area contributed by atoms with Gasteiger partial charge in [-0.15, -0.1) is 0 Å². The third kappa shape index (κ3) is 2.75. The van der Waals surface area contributed by atoms with Crippen LogP contribution in [0.3, 0.4) is 0 Å². The Morgan fingerprint density at radius 1 is 1.47 bits per heavy atom. The number of amides is 1. The number of carbonyl (C=O) groups is 1. The number of benzene rings is 1. The second-order valence-electron chi connectivity index (χ2n) is 3.79. The molecule has 0 spiro atoms. The first-order valence-corrected chi connectivity index (χ1v) is 5.37. The number of rotatable bonds is 4. The van der Waals surface area contributed by atoms with Gasteiger partial charge in [-0.1, -0.05) is 18.2 Å². The average Bonchev–Trinajstić information content (AvgIpc) is 2.87. The number of nitrogens with zero attached hydrogens (tertiary/aromatic N) is 3. The Hall–Kier alpha value is -2.74. The molecule has 0 radical (unpaired) electrons. The predicted molar refractivity (Wildman–Crippen MR) is 66.1 cm³/mol. The molecule has 2 aromatic rings. The smallest absolute Gasteiger partial charge is 0.358 e. The van der Waals surface area contributed by atoms with Crippen LogP contribution in [-0.4, -0.2) is 20.4 Å². The van der Waals surface area contributed by atoms with E-state index in [-0.39, 0.29) is 5.82 Å². The highest BCUT2D eigenvalue weighted by atomic mass is 16.6. The molecule has 1 aromatic carbocycles. The van der Waals surface area contributed by atoms with Crippen molar-refractivity contribution in [2.24, 2.45) is 5.84 Å². The highest BCUT2D eigenvalue weighted by molar-refractivity contribution is 5.95. The number of nitro groups is 1. The number of hydrogen-bond acceptors (Lipinski definition) is 5. The maximum absolute atomic E-state index is 11.6. The van der Waals surface area contributed by atoms with Gasteiger partial charge < -0.3 is 14.7 Å². The van der Waals surface area contributed by atoms with Gasteiger partial charge in [0.25, 0.3) is 5.91 Å². The summed E-state index contributed by atoms with van der Waals surface area (Å²) in [7, 11) is 0. The molecule has 8 heteroatoms. The van der Waals surface area contributed by atoms with E-state index in [1.165, 1.54) is 17.1 Å². The Labute approximate surface area is 108 Å². The topological polar surface area (TPSA) is 116 Å². The molecular weight excluding hydrogens is 250 g/mol. The normalized spacial score (nSPS) is 10.2. The van der Waals surface area contributed by atoms with Crippen molar-refractivity contribution >= 4 is 11.7 Å². The quantitative estimate of drug-likeness (QED) is 0.358. The summed E-state index contributed by atoms with van der Waals surface area (Å²) < 4.78 is 1.53. The maximum Gasteiger partial charge on any atom is 0.381 e. The van der Waals surface area contributed by atoms with Crippen molar-refractivity contribution in [1.82, 2.24) is 15.0 Å². The zero-order valence-electron chi connectivity index (χ0n) is 9.81. The number of nitrogen functional groups attached to an aromatic ring is 1.